The maximum Gasteiger partial charge on any atom is 0.269 e. The molecule has 0 atom stereocenters. The normalized spacial score (nSPS) is 12.0. The summed E-state index contributed by atoms with van der Waals surface area (Å²) >= 11 is 0. The van der Waals surface area contributed by atoms with E-state index in [1.165, 1.54) is 22.1 Å². The number of hydrogen-bond acceptors (Lipinski definition) is 2. The monoisotopic (exact) mass is 882 g/mol. The summed E-state index contributed by atoms with van der Waals surface area (Å²) in [6.07, 6.45) is 6.68. The Kier molecular flexibility index (Phi) is 10.7. The molecule has 3 heterocycles. The summed E-state index contributed by atoms with van der Waals surface area (Å²) in [4.78, 5) is 5.03. The SMILES string of the molecule is Cc1cccc2c1[n+](-c1c(-c3ccccc3)cccc1-c1ccccc1)[c-]n2-c1cccc(Oc2ccc3c4cc(C(C)(C)C)ccc4n(-c4cc(CC(C)(C)c5ccccc5)ccn4)c3c2)c1. The van der Waals surface area contributed by atoms with Crippen LogP contribution in [0.2, 0.25) is 0 Å². The van der Waals surface area contributed by atoms with Crippen molar-refractivity contribution in [2.24, 2.45) is 0 Å². The highest BCUT2D eigenvalue weighted by Crippen LogP contribution is 2.39. The number of aryl methyl sites for hydroxylation is 1. The first-order chi connectivity index (χ1) is 33.0. The van der Waals surface area contributed by atoms with E-state index in [0.717, 1.165) is 90.4 Å². The van der Waals surface area contributed by atoms with Gasteiger partial charge < -0.3 is 4.74 Å². The fourth-order valence-electron chi connectivity index (χ4n) is 9.96. The molecule has 0 spiro atoms. The van der Waals surface area contributed by atoms with E-state index in [0.29, 0.717) is 0 Å². The van der Waals surface area contributed by atoms with Gasteiger partial charge in [0.2, 0.25) is 0 Å². The molecule has 0 saturated heterocycles. The molecule has 0 radical (unpaired) electrons. The van der Waals surface area contributed by atoms with Crippen molar-refractivity contribution >= 4 is 32.8 Å². The molecule has 11 rings (SSSR count). The van der Waals surface area contributed by atoms with Crippen molar-refractivity contribution in [2.45, 2.75) is 58.8 Å². The number of para-hydroxylation sites is 2. The standard InChI is InChI=1S/C63H54N4O/c1-43-19-16-30-57-60(43)66(61-52(45-20-10-7-11-21-45)28-18-29-53(61)46-22-12-8-13-23-46)42-65(57)49-26-17-27-50(39-49)68-51-32-33-54-55-38-48(62(2,3)4)31-34-56(55)67(58(54)40-51)59-37-44(35-36-64-59)41-63(5,6)47-24-14-9-15-25-47/h7-40H,41H2,1-6H3. The first kappa shape index (κ1) is 42.6. The molecule has 68 heavy (non-hydrogen) atoms. The van der Waals surface area contributed by atoms with Crippen molar-refractivity contribution in [3.8, 4) is 50.9 Å². The third kappa shape index (κ3) is 7.84. The number of pyridine rings is 1. The van der Waals surface area contributed by atoms with Gasteiger partial charge in [0.15, 0.2) is 0 Å². The molecule has 0 aliphatic carbocycles. The minimum atomic E-state index is -0.0562. The molecule has 5 nitrogen and oxygen atoms in total. The third-order valence-corrected chi connectivity index (χ3v) is 13.5. The van der Waals surface area contributed by atoms with E-state index in [1.54, 1.807) is 0 Å². The van der Waals surface area contributed by atoms with Gasteiger partial charge in [0.25, 0.3) is 6.33 Å². The van der Waals surface area contributed by atoms with Crippen molar-refractivity contribution < 1.29 is 9.30 Å². The number of hydrogen-bond donors (Lipinski definition) is 0. The Bertz CT molecular complexity index is 3580. The van der Waals surface area contributed by atoms with Gasteiger partial charge in [0, 0.05) is 23.0 Å². The maximum absolute atomic E-state index is 6.87. The number of imidazole rings is 1. The zero-order valence-electron chi connectivity index (χ0n) is 39.5. The molecule has 0 bridgehead atoms. The lowest BCUT2D eigenvalue weighted by Crippen LogP contribution is -2.32. The lowest BCUT2D eigenvalue weighted by atomic mass is 9.79. The minimum absolute atomic E-state index is 0.00618. The first-order valence-corrected chi connectivity index (χ1v) is 23.6. The lowest BCUT2D eigenvalue weighted by Gasteiger charge is -2.25. The Hall–Kier alpha value is -8.02. The predicted molar refractivity (Wildman–Crippen MR) is 280 cm³/mol. The second-order valence-corrected chi connectivity index (χ2v) is 19.7. The van der Waals surface area contributed by atoms with E-state index in [2.05, 4.69) is 256 Å². The van der Waals surface area contributed by atoms with E-state index in [9.17, 15) is 0 Å². The Morgan fingerprint density at radius 2 is 1.21 bits per heavy atom. The van der Waals surface area contributed by atoms with E-state index < -0.39 is 0 Å². The molecule has 0 fully saturated rings. The largest absolute Gasteiger partial charge is 0.458 e. The van der Waals surface area contributed by atoms with E-state index in [1.807, 2.05) is 12.3 Å². The summed E-state index contributed by atoms with van der Waals surface area (Å²) in [6, 6.07) is 71.2. The lowest BCUT2D eigenvalue weighted by molar-refractivity contribution is -0.571. The second kappa shape index (κ2) is 17.0. The first-order valence-electron chi connectivity index (χ1n) is 23.6. The molecule has 0 N–H and O–H groups in total. The van der Waals surface area contributed by atoms with Crippen LogP contribution in [-0.4, -0.2) is 14.1 Å². The fourth-order valence-corrected chi connectivity index (χ4v) is 9.96. The summed E-state index contributed by atoms with van der Waals surface area (Å²) in [5, 5.41) is 2.35. The van der Waals surface area contributed by atoms with Gasteiger partial charge in [-0.3, -0.25) is 13.7 Å². The zero-order valence-corrected chi connectivity index (χ0v) is 39.5. The van der Waals surface area contributed by atoms with Crippen molar-refractivity contribution in [3.05, 3.63) is 235 Å². The Labute approximate surface area is 399 Å². The van der Waals surface area contributed by atoms with E-state index in [-0.39, 0.29) is 10.8 Å². The van der Waals surface area contributed by atoms with Crippen LogP contribution in [0.3, 0.4) is 0 Å². The molecule has 3 aromatic heterocycles. The number of ether oxygens (including phenoxy) is 1. The summed E-state index contributed by atoms with van der Waals surface area (Å²) in [5.74, 6) is 2.36. The van der Waals surface area contributed by atoms with Crippen molar-refractivity contribution in [1.82, 2.24) is 14.1 Å². The number of rotatable bonds is 10. The average Bonchev–Trinajstić information content (AvgIpc) is 3.91. The van der Waals surface area contributed by atoms with Crippen LogP contribution in [0.15, 0.2) is 206 Å². The predicted octanol–water partition coefficient (Wildman–Crippen LogP) is 15.5. The highest BCUT2D eigenvalue weighted by molar-refractivity contribution is 6.10. The Morgan fingerprint density at radius 3 is 1.91 bits per heavy atom. The van der Waals surface area contributed by atoms with Crippen LogP contribution < -0.4 is 9.30 Å². The molecule has 8 aromatic carbocycles. The number of nitrogens with zero attached hydrogens (tertiary/aromatic N) is 4. The van der Waals surface area contributed by atoms with Gasteiger partial charge in [-0.05, 0) is 123 Å². The number of aromatic nitrogens is 4. The molecule has 0 aliphatic rings. The van der Waals surface area contributed by atoms with Gasteiger partial charge in [0.1, 0.15) is 17.3 Å². The third-order valence-electron chi connectivity index (χ3n) is 13.5. The van der Waals surface area contributed by atoms with Crippen molar-refractivity contribution in [1.29, 1.82) is 0 Å². The van der Waals surface area contributed by atoms with Gasteiger partial charge in [-0.2, -0.15) is 0 Å². The van der Waals surface area contributed by atoms with Crippen LogP contribution in [0.25, 0.3) is 72.3 Å². The van der Waals surface area contributed by atoms with Crippen LogP contribution in [-0.2, 0) is 17.3 Å². The summed E-state index contributed by atoms with van der Waals surface area (Å²) < 4.78 is 13.6. The van der Waals surface area contributed by atoms with Gasteiger partial charge in [-0.25, -0.2) is 4.98 Å². The van der Waals surface area contributed by atoms with E-state index in [4.69, 9.17) is 9.72 Å². The summed E-state index contributed by atoms with van der Waals surface area (Å²) in [6.45, 7) is 13.6. The topological polar surface area (TPSA) is 35.9 Å². The molecule has 0 unspecified atom stereocenters. The quantitative estimate of drug-likeness (QED) is 0.101. The summed E-state index contributed by atoms with van der Waals surface area (Å²) in [7, 11) is 0. The highest BCUT2D eigenvalue weighted by Gasteiger charge is 2.24. The van der Waals surface area contributed by atoms with Gasteiger partial charge in [0.05, 0.1) is 33.4 Å². The van der Waals surface area contributed by atoms with Crippen LogP contribution in [0.1, 0.15) is 56.9 Å². The molecule has 0 saturated carbocycles. The van der Waals surface area contributed by atoms with Gasteiger partial charge >= 0.3 is 0 Å². The molecular formula is C63H54N4O. The van der Waals surface area contributed by atoms with Crippen LogP contribution in [0.5, 0.6) is 11.5 Å². The highest BCUT2D eigenvalue weighted by atomic mass is 16.5. The second-order valence-electron chi connectivity index (χ2n) is 19.7. The number of fused-ring (bicyclic) bond motifs is 4. The smallest absolute Gasteiger partial charge is 0.269 e. The van der Waals surface area contributed by atoms with Crippen molar-refractivity contribution in [3.63, 3.8) is 0 Å². The van der Waals surface area contributed by atoms with Crippen LogP contribution >= 0.6 is 0 Å². The Balaban J connectivity index is 1.01. The molecular weight excluding hydrogens is 829 g/mol. The van der Waals surface area contributed by atoms with Crippen molar-refractivity contribution in [2.75, 3.05) is 0 Å². The Morgan fingerprint density at radius 1 is 0.544 bits per heavy atom. The molecule has 0 amide bonds. The molecule has 0 aliphatic heterocycles. The fraction of sp³-hybridized carbons (Fsp3) is 0.143. The van der Waals surface area contributed by atoms with Gasteiger partial charge in [-0.15, -0.1) is 0 Å². The molecule has 5 heteroatoms. The number of benzene rings is 8. The van der Waals surface area contributed by atoms with Crippen LogP contribution in [0, 0.1) is 13.3 Å². The summed E-state index contributed by atoms with van der Waals surface area (Å²) in [5.41, 5.74) is 15.8. The maximum atomic E-state index is 6.87. The molecule has 11 aromatic rings. The molecule has 332 valence electrons. The van der Waals surface area contributed by atoms with Crippen LogP contribution in [0.4, 0.5) is 0 Å². The van der Waals surface area contributed by atoms with Gasteiger partial charge in [-0.1, -0.05) is 174 Å². The van der Waals surface area contributed by atoms with E-state index >= 15 is 0 Å². The average molecular weight is 883 g/mol. The zero-order chi connectivity index (χ0) is 46.6. The minimum Gasteiger partial charge on any atom is -0.458 e.